The van der Waals surface area contributed by atoms with Gasteiger partial charge in [-0.05, 0) is 37.8 Å². The van der Waals surface area contributed by atoms with Crippen LogP contribution < -0.4 is 5.32 Å². The first-order chi connectivity index (χ1) is 9.68. The predicted octanol–water partition coefficient (Wildman–Crippen LogP) is 1.03. The minimum atomic E-state index is 0.163. The van der Waals surface area contributed by atoms with Crippen molar-refractivity contribution in [2.75, 3.05) is 50.8 Å². The number of nitrogens with one attached hydrogen (secondary N) is 1. The zero-order valence-electron chi connectivity index (χ0n) is 12.6. The highest BCUT2D eigenvalue weighted by atomic mass is 32.2. The third kappa shape index (κ3) is 3.15. The Balaban J connectivity index is 1.61. The van der Waals surface area contributed by atoms with Crippen LogP contribution in [-0.2, 0) is 4.79 Å². The van der Waals surface area contributed by atoms with Gasteiger partial charge in [-0.3, -0.25) is 9.69 Å². The molecule has 3 aliphatic heterocycles. The molecule has 3 rings (SSSR count). The smallest absolute Gasteiger partial charge is 0.239 e. The van der Waals surface area contributed by atoms with E-state index in [-0.39, 0.29) is 6.04 Å². The van der Waals surface area contributed by atoms with E-state index in [2.05, 4.69) is 22.0 Å². The molecule has 3 heterocycles. The van der Waals surface area contributed by atoms with Crippen molar-refractivity contribution >= 4 is 17.7 Å². The first-order valence-corrected chi connectivity index (χ1v) is 9.15. The van der Waals surface area contributed by atoms with Gasteiger partial charge in [0.2, 0.25) is 5.91 Å². The summed E-state index contributed by atoms with van der Waals surface area (Å²) < 4.78 is 0. The van der Waals surface area contributed by atoms with Crippen molar-refractivity contribution in [3.63, 3.8) is 0 Å². The van der Waals surface area contributed by atoms with Crippen molar-refractivity contribution in [1.82, 2.24) is 15.1 Å². The summed E-state index contributed by atoms with van der Waals surface area (Å²) in [5, 5.41) is 3.47. The summed E-state index contributed by atoms with van der Waals surface area (Å²) in [7, 11) is 0. The fourth-order valence-corrected chi connectivity index (χ4v) is 4.69. The Morgan fingerprint density at radius 1 is 1.35 bits per heavy atom. The molecule has 0 aromatic rings. The lowest BCUT2D eigenvalue weighted by molar-refractivity contribution is -0.136. The molecule has 1 N–H and O–H groups in total. The summed E-state index contributed by atoms with van der Waals surface area (Å²) in [6, 6.07) is 0.163. The topological polar surface area (TPSA) is 35.6 Å². The van der Waals surface area contributed by atoms with E-state index >= 15 is 0 Å². The van der Waals surface area contributed by atoms with Crippen molar-refractivity contribution in [2.45, 2.75) is 32.2 Å². The van der Waals surface area contributed by atoms with Gasteiger partial charge < -0.3 is 10.2 Å². The van der Waals surface area contributed by atoms with Crippen LogP contribution in [0.4, 0.5) is 0 Å². The Bertz CT molecular complexity index is 351. The molecule has 2 unspecified atom stereocenters. The van der Waals surface area contributed by atoms with Crippen molar-refractivity contribution in [1.29, 1.82) is 0 Å². The molecule has 114 valence electrons. The van der Waals surface area contributed by atoms with Gasteiger partial charge in [0.05, 0.1) is 6.04 Å². The molecule has 0 aromatic heterocycles. The zero-order chi connectivity index (χ0) is 14.0. The lowest BCUT2D eigenvalue weighted by Crippen LogP contribution is -2.50. The molecule has 3 aliphatic rings. The van der Waals surface area contributed by atoms with Crippen LogP contribution in [0.25, 0.3) is 0 Å². The molecule has 3 fully saturated rings. The van der Waals surface area contributed by atoms with Gasteiger partial charge in [-0.1, -0.05) is 6.92 Å². The summed E-state index contributed by atoms with van der Waals surface area (Å²) in [6.07, 6.45) is 3.49. The Hall–Kier alpha value is -0.260. The van der Waals surface area contributed by atoms with Crippen LogP contribution in [-0.4, -0.2) is 72.5 Å². The van der Waals surface area contributed by atoms with E-state index in [4.69, 9.17) is 0 Å². The second-order valence-corrected chi connectivity index (χ2v) is 8.03. The number of nitrogens with zero attached hydrogens (tertiary/aromatic N) is 2. The van der Waals surface area contributed by atoms with Gasteiger partial charge in [0, 0.05) is 37.7 Å². The highest BCUT2D eigenvalue weighted by Crippen LogP contribution is 2.30. The SMILES string of the molecule is CC1(CN2CCCC2C(=O)N2CCSCC2)CCNC1. The second-order valence-electron chi connectivity index (χ2n) is 6.80. The molecule has 2 atom stereocenters. The molecule has 3 saturated heterocycles. The summed E-state index contributed by atoms with van der Waals surface area (Å²) in [6.45, 7) is 8.69. The van der Waals surface area contributed by atoms with Crippen LogP contribution in [0.5, 0.6) is 0 Å². The van der Waals surface area contributed by atoms with Gasteiger partial charge in [0.25, 0.3) is 0 Å². The molecule has 0 radical (unpaired) electrons. The van der Waals surface area contributed by atoms with Crippen molar-refractivity contribution < 1.29 is 4.79 Å². The maximum absolute atomic E-state index is 12.7. The maximum Gasteiger partial charge on any atom is 0.239 e. The molecule has 20 heavy (non-hydrogen) atoms. The van der Waals surface area contributed by atoms with Crippen molar-refractivity contribution in [3.05, 3.63) is 0 Å². The number of hydrogen-bond acceptors (Lipinski definition) is 4. The highest BCUT2D eigenvalue weighted by Gasteiger charge is 2.39. The molecule has 0 aliphatic carbocycles. The number of rotatable bonds is 3. The number of likely N-dealkylation sites (tertiary alicyclic amines) is 1. The molecular weight excluding hydrogens is 270 g/mol. The fourth-order valence-electron chi connectivity index (χ4n) is 3.78. The fraction of sp³-hybridized carbons (Fsp3) is 0.933. The molecule has 0 spiro atoms. The molecule has 0 bridgehead atoms. The van der Waals surface area contributed by atoms with E-state index in [1.165, 1.54) is 12.8 Å². The molecule has 0 aromatic carbocycles. The molecule has 0 saturated carbocycles. The zero-order valence-corrected chi connectivity index (χ0v) is 13.4. The number of carbonyl (C=O) groups excluding carboxylic acids is 1. The quantitative estimate of drug-likeness (QED) is 0.844. The number of amides is 1. The van der Waals surface area contributed by atoms with E-state index in [9.17, 15) is 4.79 Å². The predicted molar refractivity (Wildman–Crippen MR) is 84.1 cm³/mol. The van der Waals surface area contributed by atoms with E-state index in [1.54, 1.807) is 0 Å². The van der Waals surface area contributed by atoms with Crippen molar-refractivity contribution in [2.24, 2.45) is 5.41 Å². The van der Waals surface area contributed by atoms with Gasteiger partial charge in [-0.25, -0.2) is 0 Å². The summed E-state index contributed by atoms with van der Waals surface area (Å²) in [4.78, 5) is 17.3. The molecule has 1 amide bonds. The van der Waals surface area contributed by atoms with Crippen LogP contribution in [0.3, 0.4) is 0 Å². The average molecular weight is 297 g/mol. The minimum absolute atomic E-state index is 0.163. The van der Waals surface area contributed by atoms with Gasteiger partial charge in [0.1, 0.15) is 0 Å². The average Bonchev–Trinajstić information content (AvgIpc) is 3.09. The third-order valence-electron chi connectivity index (χ3n) is 5.01. The lowest BCUT2D eigenvalue weighted by atomic mass is 9.89. The normalized spacial score (nSPS) is 35.6. The molecule has 4 nitrogen and oxygen atoms in total. The second kappa shape index (κ2) is 6.24. The van der Waals surface area contributed by atoms with Crippen LogP contribution >= 0.6 is 11.8 Å². The van der Waals surface area contributed by atoms with Gasteiger partial charge >= 0.3 is 0 Å². The van der Waals surface area contributed by atoms with Crippen LogP contribution in [0.1, 0.15) is 26.2 Å². The molecular formula is C15H27N3OS. The summed E-state index contributed by atoms with van der Waals surface area (Å²) in [5.74, 6) is 2.62. The van der Waals surface area contributed by atoms with E-state index in [0.29, 0.717) is 11.3 Å². The minimum Gasteiger partial charge on any atom is -0.340 e. The standard InChI is InChI=1S/C15H27N3OS/c1-15(4-5-16-11-15)12-18-6-2-3-13(18)14(19)17-7-9-20-10-8-17/h13,16H,2-12H2,1H3. The number of hydrogen-bond donors (Lipinski definition) is 1. The van der Waals surface area contributed by atoms with E-state index in [0.717, 1.165) is 57.2 Å². The monoisotopic (exact) mass is 297 g/mol. The number of carbonyl (C=O) groups is 1. The first-order valence-electron chi connectivity index (χ1n) is 7.99. The largest absolute Gasteiger partial charge is 0.340 e. The molecule has 5 heteroatoms. The third-order valence-corrected chi connectivity index (χ3v) is 5.96. The lowest BCUT2D eigenvalue weighted by Gasteiger charge is -2.36. The van der Waals surface area contributed by atoms with Crippen molar-refractivity contribution in [3.8, 4) is 0 Å². The highest BCUT2D eigenvalue weighted by molar-refractivity contribution is 7.99. The van der Waals surface area contributed by atoms with Crippen LogP contribution in [0, 0.1) is 5.41 Å². The number of thioether (sulfide) groups is 1. The van der Waals surface area contributed by atoms with Gasteiger partial charge in [-0.15, -0.1) is 0 Å². The maximum atomic E-state index is 12.7. The van der Waals surface area contributed by atoms with Gasteiger partial charge in [0.15, 0.2) is 0 Å². The Morgan fingerprint density at radius 3 is 2.85 bits per heavy atom. The Morgan fingerprint density at radius 2 is 2.15 bits per heavy atom. The van der Waals surface area contributed by atoms with E-state index < -0.39 is 0 Å². The summed E-state index contributed by atoms with van der Waals surface area (Å²) in [5.41, 5.74) is 0.362. The Labute approximate surface area is 126 Å². The summed E-state index contributed by atoms with van der Waals surface area (Å²) >= 11 is 1.97. The Kier molecular flexibility index (Phi) is 4.58. The van der Waals surface area contributed by atoms with Crippen LogP contribution in [0.15, 0.2) is 0 Å². The first kappa shape index (κ1) is 14.7. The van der Waals surface area contributed by atoms with E-state index in [1.807, 2.05) is 11.8 Å². The van der Waals surface area contributed by atoms with Gasteiger partial charge in [-0.2, -0.15) is 11.8 Å². The van der Waals surface area contributed by atoms with Crippen LogP contribution in [0.2, 0.25) is 0 Å².